The molecule has 0 aromatic carbocycles. The Morgan fingerprint density at radius 1 is 1.56 bits per heavy atom. The van der Waals surface area contributed by atoms with Crippen LogP contribution in [-0.2, 0) is 4.74 Å². The van der Waals surface area contributed by atoms with Gasteiger partial charge in [0.05, 0.1) is 13.2 Å². The van der Waals surface area contributed by atoms with Gasteiger partial charge in [-0.15, -0.1) is 0 Å². The number of hydrogen-bond donors (Lipinski definition) is 3. The van der Waals surface area contributed by atoms with Crippen LogP contribution in [0.25, 0.3) is 0 Å². The Hall–Kier alpha value is -0.420. The van der Waals surface area contributed by atoms with E-state index in [2.05, 4.69) is 11.3 Å². The first-order valence-corrected chi connectivity index (χ1v) is 2.45. The van der Waals surface area contributed by atoms with Gasteiger partial charge in [-0.3, -0.25) is 0 Å². The van der Waals surface area contributed by atoms with Crippen LogP contribution >= 0.6 is 0 Å². The predicted octanol–water partition coefficient (Wildman–Crippen LogP) is -1.18. The smallest absolute Gasteiger partial charge is 0.299 e. The molecule has 4 nitrogen and oxygen atoms in total. The Labute approximate surface area is 53.0 Å². The van der Waals surface area contributed by atoms with Crippen LogP contribution in [0.4, 0.5) is 0 Å². The molecule has 0 saturated carbocycles. The first kappa shape index (κ1) is 8.58. The fourth-order valence-corrected chi connectivity index (χ4v) is 0.255. The van der Waals surface area contributed by atoms with Crippen molar-refractivity contribution in [3.8, 4) is 0 Å². The maximum Gasteiger partial charge on any atom is 0.299 e. The quantitative estimate of drug-likeness (QED) is 0.334. The first-order chi connectivity index (χ1) is 4.12. The summed E-state index contributed by atoms with van der Waals surface area (Å²) in [5.41, 5.74) is 0. The Morgan fingerprint density at radius 3 is 2.44 bits per heavy atom. The van der Waals surface area contributed by atoms with Crippen LogP contribution in [0.5, 0.6) is 0 Å². The molecule has 3 N–H and O–H groups in total. The minimum atomic E-state index is -2.30. The van der Waals surface area contributed by atoms with Crippen molar-refractivity contribution in [1.82, 2.24) is 0 Å². The summed E-state index contributed by atoms with van der Waals surface area (Å²) in [7, 11) is 0. The number of aliphatic hydroxyl groups is 3. The van der Waals surface area contributed by atoms with Crippen LogP contribution in [0.15, 0.2) is 12.7 Å². The monoisotopic (exact) mass is 134 g/mol. The maximum absolute atomic E-state index is 8.56. The molecule has 0 aliphatic heterocycles. The first-order valence-electron chi connectivity index (χ1n) is 2.45. The lowest BCUT2D eigenvalue weighted by atomic mass is 10.5. The highest BCUT2D eigenvalue weighted by molar-refractivity contribution is 4.76. The normalized spacial score (nSPS) is 11.4. The molecule has 0 saturated heterocycles. The zero-order valence-electron chi connectivity index (χ0n) is 4.95. The van der Waals surface area contributed by atoms with E-state index in [0.717, 1.165) is 6.08 Å². The summed E-state index contributed by atoms with van der Waals surface area (Å²) in [5.74, 6) is -2.30. The van der Waals surface area contributed by atoms with E-state index in [1.165, 1.54) is 0 Å². The van der Waals surface area contributed by atoms with E-state index >= 15 is 0 Å². The lowest BCUT2D eigenvalue weighted by molar-refractivity contribution is -0.304. The van der Waals surface area contributed by atoms with Crippen molar-refractivity contribution >= 4 is 0 Å². The Morgan fingerprint density at radius 2 is 2.11 bits per heavy atom. The molecule has 0 aromatic rings. The molecular formula is C5H10O4. The van der Waals surface area contributed by atoms with Crippen LogP contribution in [0.3, 0.4) is 0 Å². The number of aliphatic hydroxyl groups excluding tert-OH is 1. The third-order valence-corrected chi connectivity index (χ3v) is 0.672. The zero-order valence-corrected chi connectivity index (χ0v) is 4.95. The van der Waals surface area contributed by atoms with E-state index < -0.39 is 5.97 Å². The number of ether oxygens (including phenoxy) is 1. The number of rotatable bonds is 4. The second-order valence-electron chi connectivity index (χ2n) is 1.43. The van der Waals surface area contributed by atoms with E-state index in [1.54, 1.807) is 0 Å². The summed E-state index contributed by atoms with van der Waals surface area (Å²) < 4.78 is 4.27. The molecule has 0 radical (unpaired) electrons. The van der Waals surface area contributed by atoms with E-state index in [4.69, 9.17) is 15.3 Å². The summed E-state index contributed by atoms with van der Waals surface area (Å²) in [6.45, 7) is 2.70. The van der Waals surface area contributed by atoms with Gasteiger partial charge < -0.3 is 20.1 Å². The van der Waals surface area contributed by atoms with Gasteiger partial charge in [0.15, 0.2) is 0 Å². The minimum absolute atomic E-state index is 0.126. The highest BCUT2D eigenvalue weighted by Crippen LogP contribution is 2.00. The van der Waals surface area contributed by atoms with E-state index in [9.17, 15) is 0 Å². The van der Waals surface area contributed by atoms with Crippen LogP contribution in [-0.4, -0.2) is 34.5 Å². The molecule has 4 heteroatoms. The highest BCUT2D eigenvalue weighted by atomic mass is 16.8. The van der Waals surface area contributed by atoms with Crippen molar-refractivity contribution in [1.29, 1.82) is 0 Å². The van der Waals surface area contributed by atoms with Crippen molar-refractivity contribution < 1.29 is 20.1 Å². The topological polar surface area (TPSA) is 69.9 Å². The molecule has 0 rings (SSSR count). The largest absolute Gasteiger partial charge is 0.394 e. The van der Waals surface area contributed by atoms with Gasteiger partial charge in [-0.05, 0) is 6.08 Å². The van der Waals surface area contributed by atoms with Gasteiger partial charge in [0.1, 0.15) is 0 Å². The van der Waals surface area contributed by atoms with Crippen molar-refractivity contribution in [2.45, 2.75) is 5.97 Å². The van der Waals surface area contributed by atoms with Crippen molar-refractivity contribution in [3.05, 3.63) is 12.7 Å². The molecule has 0 heterocycles. The molecule has 9 heavy (non-hydrogen) atoms. The lowest BCUT2D eigenvalue weighted by Gasteiger charge is -2.15. The summed E-state index contributed by atoms with van der Waals surface area (Å²) >= 11 is 0. The molecule has 54 valence electrons. The molecular weight excluding hydrogens is 124 g/mol. The van der Waals surface area contributed by atoms with Crippen LogP contribution in [0, 0.1) is 0 Å². The van der Waals surface area contributed by atoms with Gasteiger partial charge in [-0.25, -0.2) is 0 Å². The molecule has 0 spiro atoms. The second-order valence-corrected chi connectivity index (χ2v) is 1.43. The molecule has 0 aliphatic carbocycles. The zero-order chi connectivity index (χ0) is 7.33. The van der Waals surface area contributed by atoms with Gasteiger partial charge in [0.25, 0.3) is 5.97 Å². The van der Waals surface area contributed by atoms with Crippen LogP contribution in [0.2, 0.25) is 0 Å². The van der Waals surface area contributed by atoms with Crippen molar-refractivity contribution in [2.24, 2.45) is 0 Å². The number of hydrogen-bond acceptors (Lipinski definition) is 4. The minimum Gasteiger partial charge on any atom is -0.394 e. The maximum atomic E-state index is 8.56. The fourth-order valence-electron chi connectivity index (χ4n) is 0.255. The average molecular weight is 134 g/mol. The summed E-state index contributed by atoms with van der Waals surface area (Å²) in [5, 5.41) is 25.3. The predicted molar refractivity (Wildman–Crippen MR) is 30.4 cm³/mol. The lowest BCUT2D eigenvalue weighted by Crippen LogP contribution is -2.29. The molecule has 0 fully saturated rings. The molecule has 0 aromatic heterocycles. The Bertz CT molecular complexity index is 89.0. The highest BCUT2D eigenvalue weighted by Gasteiger charge is 2.17. The van der Waals surface area contributed by atoms with Gasteiger partial charge in [0, 0.05) is 0 Å². The van der Waals surface area contributed by atoms with E-state index in [0.29, 0.717) is 0 Å². The van der Waals surface area contributed by atoms with E-state index in [1.807, 2.05) is 0 Å². The molecule has 0 amide bonds. The van der Waals surface area contributed by atoms with Gasteiger partial charge in [-0.1, -0.05) is 6.58 Å². The Balaban J connectivity index is 3.45. The fraction of sp³-hybridized carbons (Fsp3) is 0.600. The molecule has 0 unspecified atom stereocenters. The van der Waals surface area contributed by atoms with Crippen LogP contribution < -0.4 is 0 Å². The van der Waals surface area contributed by atoms with E-state index in [-0.39, 0.29) is 13.2 Å². The van der Waals surface area contributed by atoms with Gasteiger partial charge >= 0.3 is 0 Å². The summed E-state index contributed by atoms with van der Waals surface area (Å²) in [6, 6.07) is 0. The summed E-state index contributed by atoms with van der Waals surface area (Å²) in [6.07, 6.45) is 0.822. The molecule has 0 atom stereocenters. The molecule has 0 aliphatic rings. The SMILES string of the molecule is C=CC(O)(O)OCCO. The van der Waals surface area contributed by atoms with Gasteiger partial charge in [-0.2, -0.15) is 0 Å². The van der Waals surface area contributed by atoms with Gasteiger partial charge in [0.2, 0.25) is 0 Å². The third-order valence-electron chi connectivity index (χ3n) is 0.672. The standard InChI is InChI=1S/C5H10O4/c1-2-5(7,8)9-4-3-6/h2,6-8H,1,3-4H2. The van der Waals surface area contributed by atoms with Crippen LogP contribution in [0.1, 0.15) is 0 Å². The van der Waals surface area contributed by atoms with Crippen molar-refractivity contribution in [3.63, 3.8) is 0 Å². The average Bonchev–Trinajstić information content (AvgIpc) is 1.84. The second kappa shape index (κ2) is 3.58. The Kier molecular flexibility index (Phi) is 3.41. The van der Waals surface area contributed by atoms with Crippen molar-refractivity contribution in [2.75, 3.05) is 13.2 Å². The summed E-state index contributed by atoms with van der Waals surface area (Å²) in [4.78, 5) is 0. The third kappa shape index (κ3) is 4.11. The molecule has 0 bridgehead atoms.